The van der Waals surface area contributed by atoms with Gasteiger partial charge >= 0.3 is 0 Å². The minimum atomic E-state index is 0.508. The van der Waals surface area contributed by atoms with E-state index in [4.69, 9.17) is 9.47 Å². The molecule has 0 aromatic heterocycles. The highest BCUT2D eigenvalue weighted by atomic mass is 16.5. The summed E-state index contributed by atoms with van der Waals surface area (Å²) in [6, 6.07) is 5.03. The van der Waals surface area contributed by atoms with E-state index in [1.807, 2.05) is 53.7 Å². The van der Waals surface area contributed by atoms with Crippen LogP contribution in [-0.2, 0) is 0 Å². The summed E-state index contributed by atoms with van der Waals surface area (Å²) in [5, 5.41) is 0. The number of hydrogen-bond acceptors (Lipinski definition) is 3. The topological polar surface area (TPSA) is 35.5 Å². The third-order valence-electron chi connectivity index (χ3n) is 2.53. The van der Waals surface area contributed by atoms with Crippen LogP contribution in [0.25, 0.3) is 0 Å². The highest BCUT2D eigenvalue weighted by Gasteiger charge is 2.07. The summed E-state index contributed by atoms with van der Waals surface area (Å²) >= 11 is 0. The van der Waals surface area contributed by atoms with Crippen molar-refractivity contribution in [2.24, 2.45) is 0 Å². The first-order valence-electron chi connectivity index (χ1n) is 7.92. The maximum atomic E-state index is 10.8. The first kappa shape index (κ1) is 23.0. The number of ether oxygens (including phenoxy) is 2. The van der Waals surface area contributed by atoms with Gasteiger partial charge in [0.2, 0.25) is 0 Å². The molecule has 0 aliphatic rings. The maximum Gasteiger partial charge on any atom is 0.169 e. The number of rotatable bonds is 6. The number of benzene rings is 1. The van der Waals surface area contributed by atoms with Gasteiger partial charge in [-0.2, -0.15) is 0 Å². The van der Waals surface area contributed by atoms with Gasteiger partial charge in [-0.1, -0.05) is 40.3 Å². The summed E-state index contributed by atoms with van der Waals surface area (Å²) in [4.78, 5) is 10.8. The Labute approximate surface area is 141 Å². The quantitative estimate of drug-likeness (QED) is 0.368. The number of carbonyl (C=O) groups is 1. The first-order valence-corrected chi connectivity index (χ1v) is 7.92. The molecular weight excluding hydrogens is 288 g/mol. The lowest BCUT2D eigenvalue weighted by Gasteiger charge is -2.11. The lowest BCUT2D eigenvalue weighted by Crippen LogP contribution is -1.97. The molecule has 1 aromatic rings. The Morgan fingerprint density at radius 1 is 1.13 bits per heavy atom. The highest BCUT2D eigenvalue weighted by molar-refractivity contribution is 5.76. The fourth-order valence-electron chi connectivity index (χ4n) is 1.43. The molecule has 128 valence electrons. The third-order valence-corrected chi connectivity index (χ3v) is 2.53. The van der Waals surface area contributed by atoms with E-state index >= 15 is 0 Å². The second-order valence-electron chi connectivity index (χ2n) is 3.91. The van der Waals surface area contributed by atoms with Gasteiger partial charge in [-0.25, -0.2) is 0 Å². The van der Waals surface area contributed by atoms with Crippen molar-refractivity contribution in [2.45, 2.75) is 41.5 Å². The van der Waals surface area contributed by atoms with E-state index in [9.17, 15) is 4.79 Å². The molecular formula is C20H30O3. The number of carbonyl (C=O) groups excluding carboxylic acids is 1. The lowest BCUT2D eigenvalue weighted by molar-refractivity contribution is 0.112. The fourth-order valence-corrected chi connectivity index (χ4v) is 1.43. The minimum absolute atomic E-state index is 0.508. The van der Waals surface area contributed by atoms with Crippen LogP contribution < -0.4 is 9.47 Å². The van der Waals surface area contributed by atoms with E-state index in [1.54, 1.807) is 31.4 Å². The van der Waals surface area contributed by atoms with E-state index in [2.05, 4.69) is 6.58 Å². The molecule has 23 heavy (non-hydrogen) atoms. The molecule has 1 aromatic carbocycles. The molecule has 0 bridgehead atoms. The van der Waals surface area contributed by atoms with Crippen molar-refractivity contribution in [3.05, 3.63) is 59.9 Å². The van der Waals surface area contributed by atoms with Gasteiger partial charge in [-0.15, -0.1) is 0 Å². The summed E-state index contributed by atoms with van der Waals surface area (Å²) in [5.41, 5.74) is 1.52. The summed E-state index contributed by atoms with van der Waals surface area (Å²) in [6.45, 7) is 15.5. The summed E-state index contributed by atoms with van der Waals surface area (Å²) < 4.78 is 11.0. The zero-order valence-corrected chi connectivity index (χ0v) is 15.5. The van der Waals surface area contributed by atoms with Gasteiger partial charge < -0.3 is 9.47 Å². The van der Waals surface area contributed by atoms with Crippen molar-refractivity contribution in [3.63, 3.8) is 0 Å². The van der Waals surface area contributed by atoms with Gasteiger partial charge in [0.25, 0.3) is 0 Å². The van der Waals surface area contributed by atoms with Crippen LogP contribution in [0.5, 0.6) is 11.5 Å². The molecule has 0 N–H and O–H groups in total. The van der Waals surface area contributed by atoms with Gasteiger partial charge in [0.15, 0.2) is 11.5 Å². The van der Waals surface area contributed by atoms with Crippen molar-refractivity contribution in [3.8, 4) is 11.5 Å². The molecule has 0 amide bonds. The predicted octanol–water partition coefficient (Wildman–Crippen LogP) is 5.98. The van der Waals surface area contributed by atoms with Gasteiger partial charge in [0.05, 0.1) is 7.11 Å². The van der Waals surface area contributed by atoms with Gasteiger partial charge in [-0.3, -0.25) is 4.79 Å². The van der Waals surface area contributed by atoms with Crippen molar-refractivity contribution in [1.82, 2.24) is 0 Å². The highest BCUT2D eigenvalue weighted by Crippen LogP contribution is 2.29. The van der Waals surface area contributed by atoms with Crippen LogP contribution in [0.4, 0.5) is 0 Å². The molecule has 0 spiro atoms. The van der Waals surface area contributed by atoms with Crippen LogP contribution in [0.15, 0.2) is 54.3 Å². The molecule has 0 unspecified atom stereocenters. The van der Waals surface area contributed by atoms with E-state index in [1.165, 1.54) is 0 Å². The van der Waals surface area contributed by atoms with Crippen LogP contribution in [0, 0.1) is 0 Å². The van der Waals surface area contributed by atoms with Crippen LogP contribution in [0.2, 0.25) is 0 Å². The summed E-state index contributed by atoms with van der Waals surface area (Å²) in [7, 11) is 1.56. The molecule has 0 fully saturated rings. The van der Waals surface area contributed by atoms with Crippen LogP contribution in [-0.4, -0.2) is 13.4 Å². The second-order valence-corrected chi connectivity index (χ2v) is 3.91. The lowest BCUT2D eigenvalue weighted by atomic mass is 10.2. The molecule has 0 atom stereocenters. The monoisotopic (exact) mass is 318 g/mol. The van der Waals surface area contributed by atoms with Crippen molar-refractivity contribution in [2.75, 3.05) is 7.11 Å². The van der Waals surface area contributed by atoms with Gasteiger partial charge in [-0.05, 0) is 49.8 Å². The minimum Gasteiger partial charge on any atom is -0.493 e. The van der Waals surface area contributed by atoms with E-state index < -0.39 is 0 Å². The largest absolute Gasteiger partial charge is 0.493 e. The Bertz CT molecular complexity index is 526. The normalized spacial score (nSPS) is 10.4. The van der Waals surface area contributed by atoms with Gasteiger partial charge in [0.1, 0.15) is 12.0 Å². The maximum absolute atomic E-state index is 10.8. The van der Waals surface area contributed by atoms with E-state index in [-0.39, 0.29) is 0 Å². The SMILES string of the molecule is C=C/C(C)=C\C(=C/C)Oc1cc(C=O)ccc1OC.CC.CC. The summed E-state index contributed by atoms with van der Waals surface area (Å²) in [5.74, 6) is 1.75. The molecule has 3 heteroatoms. The smallest absolute Gasteiger partial charge is 0.169 e. The molecule has 0 aliphatic heterocycles. The predicted molar refractivity (Wildman–Crippen MR) is 99.4 cm³/mol. The Hall–Kier alpha value is -2.29. The molecule has 1 rings (SSSR count). The Balaban J connectivity index is 0. The molecule has 0 saturated carbocycles. The number of allylic oxidation sites excluding steroid dienone is 4. The van der Waals surface area contributed by atoms with Crippen molar-refractivity contribution < 1.29 is 14.3 Å². The molecule has 0 aliphatic carbocycles. The average molecular weight is 318 g/mol. The molecule has 0 heterocycles. The zero-order valence-electron chi connectivity index (χ0n) is 15.5. The Kier molecular flexibility index (Phi) is 14.6. The fraction of sp³-hybridized carbons (Fsp3) is 0.350. The second kappa shape index (κ2) is 14.6. The van der Waals surface area contributed by atoms with Crippen molar-refractivity contribution in [1.29, 1.82) is 0 Å². The van der Waals surface area contributed by atoms with E-state index in [0.717, 1.165) is 11.9 Å². The van der Waals surface area contributed by atoms with Gasteiger partial charge in [0, 0.05) is 5.56 Å². The average Bonchev–Trinajstić information content (AvgIpc) is 2.64. The first-order chi connectivity index (χ1) is 11.1. The molecule has 0 saturated heterocycles. The van der Waals surface area contributed by atoms with Crippen molar-refractivity contribution >= 4 is 6.29 Å². The number of hydrogen-bond donors (Lipinski definition) is 0. The Morgan fingerprint density at radius 3 is 2.17 bits per heavy atom. The van der Waals surface area contributed by atoms with E-state index in [0.29, 0.717) is 22.8 Å². The van der Waals surface area contributed by atoms with Crippen LogP contribution >= 0.6 is 0 Å². The third kappa shape index (κ3) is 8.67. The van der Waals surface area contributed by atoms with Crippen LogP contribution in [0.1, 0.15) is 51.9 Å². The number of methoxy groups -OCH3 is 1. The molecule has 0 radical (unpaired) electrons. The standard InChI is InChI=1S/C16H18O3.2C2H6/c1-5-12(3)9-14(6-2)19-16-10-13(11-17)7-8-15(16)18-4;2*1-2/h5-11H,1H2,2-4H3;2*1-2H3/b12-9-,14-6+;;. The number of aldehydes is 1. The Morgan fingerprint density at radius 2 is 1.74 bits per heavy atom. The zero-order chi connectivity index (χ0) is 18.3. The molecule has 3 nitrogen and oxygen atoms in total. The van der Waals surface area contributed by atoms with Crippen LogP contribution in [0.3, 0.4) is 0 Å². The summed E-state index contributed by atoms with van der Waals surface area (Å²) in [6.07, 6.45) is 6.21.